The Kier molecular flexibility index (Phi) is 5.66. The summed E-state index contributed by atoms with van der Waals surface area (Å²) in [5.41, 5.74) is 3.71. The monoisotopic (exact) mass is 421 g/mol. The lowest BCUT2D eigenvalue weighted by Gasteiger charge is -2.53. The van der Waals surface area contributed by atoms with E-state index in [1.807, 2.05) is 18.2 Å². The number of allylic oxidation sites excluding steroid dienone is 2. The zero-order valence-corrected chi connectivity index (χ0v) is 18.6. The van der Waals surface area contributed by atoms with E-state index in [0.29, 0.717) is 18.3 Å². The van der Waals surface area contributed by atoms with Gasteiger partial charge in [-0.15, -0.1) is 0 Å². The number of carbonyl (C=O) groups excluding carboxylic acids is 1. The van der Waals surface area contributed by atoms with Crippen molar-refractivity contribution < 1.29 is 14.7 Å². The van der Waals surface area contributed by atoms with E-state index in [1.165, 1.54) is 36.8 Å². The van der Waals surface area contributed by atoms with Gasteiger partial charge in [-0.3, -0.25) is 4.79 Å². The van der Waals surface area contributed by atoms with Crippen LogP contribution in [0.5, 0.6) is 0 Å². The maximum absolute atomic E-state index is 12.7. The number of rotatable bonds is 4. The SMILES string of the molecule is C[C@]12CC[C@H]3[C@@H](CCC4=C/C(=N\O)CC[C@@H]43)[C@@H]1CCC2OC(=O)CCc1ccccc1. The third-order valence-corrected chi connectivity index (χ3v) is 9.09. The van der Waals surface area contributed by atoms with Gasteiger partial charge in [0.25, 0.3) is 0 Å². The molecule has 4 nitrogen and oxygen atoms in total. The molecule has 3 saturated carbocycles. The highest BCUT2D eigenvalue weighted by Gasteiger charge is 2.57. The number of nitrogens with zero attached hydrogens (tertiary/aromatic N) is 1. The van der Waals surface area contributed by atoms with Crippen LogP contribution in [0.25, 0.3) is 0 Å². The summed E-state index contributed by atoms with van der Waals surface area (Å²) in [6.45, 7) is 2.40. The molecule has 0 saturated heterocycles. The van der Waals surface area contributed by atoms with Gasteiger partial charge in [-0.1, -0.05) is 48.0 Å². The topological polar surface area (TPSA) is 58.9 Å². The quantitative estimate of drug-likeness (QED) is 0.372. The summed E-state index contributed by atoms with van der Waals surface area (Å²) < 4.78 is 6.13. The first-order chi connectivity index (χ1) is 15.1. The van der Waals surface area contributed by atoms with Crippen LogP contribution < -0.4 is 0 Å². The lowest BCUT2D eigenvalue weighted by Crippen LogP contribution is -2.48. The molecule has 1 aromatic rings. The van der Waals surface area contributed by atoms with E-state index in [0.717, 1.165) is 49.7 Å². The van der Waals surface area contributed by atoms with E-state index in [2.05, 4.69) is 30.3 Å². The van der Waals surface area contributed by atoms with Crippen molar-refractivity contribution in [1.82, 2.24) is 0 Å². The lowest BCUT2D eigenvalue weighted by atomic mass is 9.52. The third-order valence-electron chi connectivity index (χ3n) is 9.09. The van der Waals surface area contributed by atoms with Crippen molar-refractivity contribution in [2.45, 2.75) is 77.2 Å². The number of hydrogen-bond donors (Lipinski definition) is 1. The van der Waals surface area contributed by atoms with Crippen molar-refractivity contribution in [3.05, 3.63) is 47.5 Å². The Morgan fingerprint density at radius 1 is 1.10 bits per heavy atom. The Morgan fingerprint density at radius 3 is 2.74 bits per heavy atom. The van der Waals surface area contributed by atoms with Gasteiger partial charge in [-0.05, 0) is 93.1 Å². The van der Waals surface area contributed by atoms with Gasteiger partial charge in [0.2, 0.25) is 0 Å². The Morgan fingerprint density at radius 2 is 1.94 bits per heavy atom. The molecular weight excluding hydrogens is 386 g/mol. The summed E-state index contributed by atoms with van der Waals surface area (Å²) in [7, 11) is 0. The van der Waals surface area contributed by atoms with Gasteiger partial charge >= 0.3 is 5.97 Å². The van der Waals surface area contributed by atoms with Crippen LogP contribution in [0.15, 0.2) is 47.1 Å². The molecule has 0 amide bonds. The average Bonchev–Trinajstić information content (AvgIpc) is 3.13. The molecule has 0 bridgehead atoms. The maximum Gasteiger partial charge on any atom is 0.306 e. The van der Waals surface area contributed by atoms with Crippen molar-refractivity contribution in [3.63, 3.8) is 0 Å². The standard InChI is InChI=1S/C27H35NO3/c1-27-16-15-22-21-11-9-20(28-30)17-19(21)8-10-23(22)24(27)12-13-25(27)31-26(29)14-7-18-5-3-2-4-6-18/h2-6,17,21-25,30H,7-16H2,1H3/b28-20-/t21-,22+,23+,24-,25?,27-/m0/s1. The van der Waals surface area contributed by atoms with Crippen molar-refractivity contribution in [3.8, 4) is 0 Å². The third kappa shape index (κ3) is 3.83. The fourth-order valence-corrected chi connectivity index (χ4v) is 7.53. The Labute approximate surface area is 185 Å². The summed E-state index contributed by atoms with van der Waals surface area (Å²) in [5.74, 6) is 2.82. The number of carbonyl (C=O) groups is 1. The number of oxime groups is 1. The first kappa shape index (κ1) is 20.8. The minimum absolute atomic E-state index is 0.0326. The molecule has 166 valence electrons. The van der Waals surface area contributed by atoms with Gasteiger partial charge in [0.05, 0.1) is 5.71 Å². The van der Waals surface area contributed by atoms with E-state index < -0.39 is 0 Å². The Hall–Kier alpha value is -2.10. The number of benzene rings is 1. The van der Waals surface area contributed by atoms with Crippen molar-refractivity contribution in [1.29, 1.82) is 0 Å². The van der Waals surface area contributed by atoms with Crippen molar-refractivity contribution in [2.75, 3.05) is 0 Å². The molecule has 1 N–H and O–H groups in total. The molecule has 4 heteroatoms. The van der Waals surface area contributed by atoms with Gasteiger partial charge in [0, 0.05) is 11.8 Å². The van der Waals surface area contributed by atoms with E-state index in [1.54, 1.807) is 0 Å². The zero-order chi connectivity index (χ0) is 21.4. The minimum atomic E-state index is -0.0326. The number of hydrogen-bond acceptors (Lipinski definition) is 4. The summed E-state index contributed by atoms with van der Waals surface area (Å²) in [4.78, 5) is 12.7. The van der Waals surface area contributed by atoms with Crippen LogP contribution in [0, 0.1) is 29.1 Å². The van der Waals surface area contributed by atoms with Crippen LogP contribution in [0.2, 0.25) is 0 Å². The van der Waals surface area contributed by atoms with Gasteiger partial charge in [-0.25, -0.2) is 0 Å². The highest BCUT2D eigenvalue weighted by atomic mass is 16.5. The fraction of sp³-hybridized carbons (Fsp3) is 0.630. The number of aryl methyl sites for hydroxylation is 1. The molecule has 5 rings (SSSR count). The van der Waals surface area contributed by atoms with Crippen molar-refractivity contribution >= 4 is 11.7 Å². The number of esters is 1. The second kappa shape index (κ2) is 8.44. The van der Waals surface area contributed by atoms with Gasteiger partial charge in [-0.2, -0.15) is 0 Å². The molecule has 4 aliphatic rings. The second-order valence-electron chi connectivity index (χ2n) is 10.5. The molecule has 1 aromatic carbocycles. The highest BCUT2D eigenvalue weighted by Crippen LogP contribution is 2.62. The van der Waals surface area contributed by atoms with Gasteiger partial charge in [0.15, 0.2) is 0 Å². The lowest BCUT2D eigenvalue weighted by molar-refractivity contribution is -0.158. The predicted octanol–water partition coefficient (Wildman–Crippen LogP) is 5.93. The van der Waals surface area contributed by atoms with E-state index in [4.69, 9.17) is 4.74 Å². The summed E-state index contributed by atoms with van der Waals surface area (Å²) >= 11 is 0. The minimum Gasteiger partial charge on any atom is -0.462 e. The molecule has 0 heterocycles. The van der Waals surface area contributed by atoms with Crippen LogP contribution >= 0.6 is 0 Å². The predicted molar refractivity (Wildman–Crippen MR) is 121 cm³/mol. The summed E-state index contributed by atoms with van der Waals surface area (Å²) in [6.07, 6.45) is 12.5. The molecular formula is C27H35NO3. The average molecular weight is 422 g/mol. The molecule has 31 heavy (non-hydrogen) atoms. The summed E-state index contributed by atoms with van der Waals surface area (Å²) in [6, 6.07) is 10.2. The van der Waals surface area contributed by atoms with E-state index >= 15 is 0 Å². The molecule has 6 atom stereocenters. The van der Waals surface area contributed by atoms with Crippen molar-refractivity contribution in [2.24, 2.45) is 34.2 Å². The molecule has 0 aromatic heterocycles. The Balaban J connectivity index is 1.23. The fourth-order valence-electron chi connectivity index (χ4n) is 7.53. The first-order valence-electron chi connectivity index (χ1n) is 12.2. The van der Waals surface area contributed by atoms with Crippen LogP contribution in [-0.2, 0) is 16.0 Å². The van der Waals surface area contributed by atoms with Crippen LogP contribution in [0.1, 0.15) is 70.3 Å². The first-order valence-corrected chi connectivity index (χ1v) is 12.2. The van der Waals surface area contributed by atoms with E-state index in [9.17, 15) is 10.0 Å². The number of fused-ring (bicyclic) bond motifs is 5. The normalized spacial score (nSPS) is 38.0. The van der Waals surface area contributed by atoms with Gasteiger partial charge in [0.1, 0.15) is 6.10 Å². The highest BCUT2D eigenvalue weighted by molar-refractivity contribution is 5.96. The van der Waals surface area contributed by atoms with Crippen LogP contribution in [0.3, 0.4) is 0 Å². The second-order valence-corrected chi connectivity index (χ2v) is 10.5. The summed E-state index contributed by atoms with van der Waals surface area (Å²) in [5, 5.41) is 12.6. The smallest absolute Gasteiger partial charge is 0.306 e. The van der Waals surface area contributed by atoms with Crippen LogP contribution in [0.4, 0.5) is 0 Å². The molecule has 4 aliphatic carbocycles. The Bertz CT molecular complexity index is 876. The van der Waals surface area contributed by atoms with Gasteiger partial charge < -0.3 is 9.94 Å². The zero-order valence-electron chi connectivity index (χ0n) is 18.6. The molecule has 3 fully saturated rings. The largest absolute Gasteiger partial charge is 0.462 e. The molecule has 1 unspecified atom stereocenters. The number of ether oxygens (including phenoxy) is 1. The molecule has 0 radical (unpaired) electrons. The molecule has 0 aliphatic heterocycles. The molecule has 0 spiro atoms. The van der Waals surface area contributed by atoms with Crippen LogP contribution in [-0.4, -0.2) is 23.0 Å². The van der Waals surface area contributed by atoms with E-state index in [-0.39, 0.29) is 17.5 Å². The maximum atomic E-state index is 12.7.